The van der Waals surface area contributed by atoms with Gasteiger partial charge in [0, 0.05) is 12.6 Å². The number of carbonyl (C=O) groups excluding carboxylic acids is 1. The number of amides is 1. The van der Waals surface area contributed by atoms with E-state index in [1.807, 2.05) is 0 Å². The minimum absolute atomic E-state index is 0.0576. The molecule has 22 heavy (non-hydrogen) atoms. The Morgan fingerprint density at radius 1 is 1.32 bits per heavy atom. The van der Waals surface area contributed by atoms with Crippen LogP contribution < -0.4 is 5.32 Å². The molecule has 2 heterocycles. The first kappa shape index (κ1) is 15.4. The number of hydrogen-bond donors (Lipinski definition) is 1. The number of ether oxygens (including phenoxy) is 1. The van der Waals surface area contributed by atoms with Crippen LogP contribution >= 0.6 is 0 Å². The second kappa shape index (κ2) is 5.95. The van der Waals surface area contributed by atoms with E-state index in [2.05, 4.69) is 34.7 Å². The van der Waals surface area contributed by atoms with Gasteiger partial charge in [0.2, 0.25) is 5.91 Å². The maximum Gasteiger partial charge on any atom is 0.248 e. The predicted octanol–water partition coefficient (Wildman–Crippen LogP) is 1.41. The molecular formula is C15H25N5O2. The Kier molecular flexibility index (Phi) is 4.16. The molecule has 1 aromatic heterocycles. The van der Waals surface area contributed by atoms with Crippen molar-refractivity contribution >= 4 is 5.91 Å². The normalized spacial score (nSPS) is 27.3. The monoisotopic (exact) mass is 307 g/mol. The van der Waals surface area contributed by atoms with Crippen molar-refractivity contribution in [3.63, 3.8) is 0 Å². The molecule has 1 aliphatic carbocycles. The zero-order chi connectivity index (χ0) is 15.6. The van der Waals surface area contributed by atoms with Gasteiger partial charge in [-0.3, -0.25) is 4.79 Å². The van der Waals surface area contributed by atoms with E-state index in [4.69, 9.17) is 4.74 Å². The molecule has 0 radical (unpaired) electrons. The first-order chi connectivity index (χ1) is 10.5. The lowest BCUT2D eigenvalue weighted by molar-refractivity contribution is -0.135. The van der Waals surface area contributed by atoms with Crippen molar-refractivity contribution in [2.45, 2.75) is 76.0 Å². The third-order valence-electron chi connectivity index (χ3n) is 4.92. The molecule has 1 atom stereocenters. The van der Waals surface area contributed by atoms with Crippen LogP contribution in [0.25, 0.3) is 0 Å². The summed E-state index contributed by atoms with van der Waals surface area (Å²) in [5, 5.41) is 14.7. The van der Waals surface area contributed by atoms with Crippen LogP contribution in [-0.2, 0) is 15.1 Å². The van der Waals surface area contributed by atoms with Gasteiger partial charge >= 0.3 is 0 Å². The number of tetrazole rings is 1. The van der Waals surface area contributed by atoms with Crippen LogP contribution in [0.15, 0.2) is 6.33 Å². The van der Waals surface area contributed by atoms with Gasteiger partial charge in [0.25, 0.3) is 0 Å². The molecule has 1 amide bonds. The lowest BCUT2D eigenvalue weighted by atomic mass is 9.80. The first-order valence-corrected chi connectivity index (χ1v) is 8.20. The zero-order valence-electron chi connectivity index (χ0n) is 13.4. The van der Waals surface area contributed by atoms with Crippen LogP contribution in [0.3, 0.4) is 0 Å². The van der Waals surface area contributed by atoms with E-state index in [9.17, 15) is 4.79 Å². The Morgan fingerprint density at radius 2 is 2.09 bits per heavy atom. The molecule has 0 spiro atoms. The highest BCUT2D eigenvalue weighted by molar-refractivity contribution is 5.84. The fourth-order valence-corrected chi connectivity index (χ4v) is 3.73. The summed E-state index contributed by atoms with van der Waals surface area (Å²) in [6.45, 7) is 4.84. The third kappa shape index (κ3) is 2.99. The summed E-state index contributed by atoms with van der Waals surface area (Å²) in [6.07, 6.45) is 8.11. The maximum atomic E-state index is 13.0. The number of carbonyl (C=O) groups is 1. The first-order valence-electron chi connectivity index (χ1n) is 8.20. The SMILES string of the molecule is CC1(C)C[C@H](NC(=O)C2(n3cnnn3)CCCCC2)CCO1. The Labute approximate surface area is 130 Å². The molecular weight excluding hydrogens is 282 g/mol. The molecule has 0 unspecified atom stereocenters. The van der Waals surface area contributed by atoms with E-state index in [0.29, 0.717) is 6.61 Å². The molecule has 1 aliphatic heterocycles. The largest absolute Gasteiger partial charge is 0.375 e. The molecule has 2 fully saturated rings. The van der Waals surface area contributed by atoms with Gasteiger partial charge in [-0.05, 0) is 50.0 Å². The summed E-state index contributed by atoms with van der Waals surface area (Å²) >= 11 is 0. The number of rotatable bonds is 3. The van der Waals surface area contributed by atoms with E-state index in [0.717, 1.165) is 38.5 Å². The lowest BCUT2D eigenvalue weighted by Crippen LogP contribution is -2.55. The van der Waals surface area contributed by atoms with E-state index in [1.165, 1.54) is 6.42 Å². The van der Waals surface area contributed by atoms with Gasteiger partial charge in [0.15, 0.2) is 0 Å². The van der Waals surface area contributed by atoms with Gasteiger partial charge in [0.1, 0.15) is 11.9 Å². The molecule has 1 N–H and O–H groups in total. The lowest BCUT2D eigenvalue weighted by Gasteiger charge is -2.39. The van der Waals surface area contributed by atoms with Gasteiger partial charge in [-0.2, -0.15) is 0 Å². The molecule has 2 aliphatic rings. The van der Waals surface area contributed by atoms with Gasteiger partial charge in [-0.15, -0.1) is 5.10 Å². The molecule has 7 nitrogen and oxygen atoms in total. The highest BCUT2D eigenvalue weighted by atomic mass is 16.5. The van der Waals surface area contributed by atoms with Crippen molar-refractivity contribution in [2.24, 2.45) is 0 Å². The molecule has 122 valence electrons. The fourth-order valence-electron chi connectivity index (χ4n) is 3.73. The predicted molar refractivity (Wildman–Crippen MR) is 80.1 cm³/mol. The summed E-state index contributed by atoms with van der Waals surface area (Å²) in [5.41, 5.74) is -0.797. The molecule has 1 saturated heterocycles. The number of hydrogen-bond acceptors (Lipinski definition) is 5. The summed E-state index contributed by atoms with van der Waals surface area (Å²) < 4.78 is 7.39. The van der Waals surface area contributed by atoms with Gasteiger partial charge < -0.3 is 10.1 Å². The minimum atomic E-state index is -0.621. The van der Waals surface area contributed by atoms with Gasteiger partial charge in [-0.25, -0.2) is 4.68 Å². The summed E-state index contributed by atoms with van der Waals surface area (Å²) in [4.78, 5) is 13.0. The van der Waals surface area contributed by atoms with Crippen LogP contribution in [0.1, 0.15) is 58.8 Å². The minimum Gasteiger partial charge on any atom is -0.375 e. The van der Waals surface area contributed by atoms with Crippen molar-refractivity contribution in [1.29, 1.82) is 0 Å². The van der Waals surface area contributed by atoms with Crippen molar-refractivity contribution in [3.05, 3.63) is 6.33 Å². The Balaban J connectivity index is 1.75. The number of nitrogens with zero attached hydrogens (tertiary/aromatic N) is 4. The fraction of sp³-hybridized carbons (Fsp3) is 0.867. The van der Waals surface area contributed by atoms with Crippen LogP contribution in [0, 0.1) is 0 Å². The average Bonchev–Trinajstić information content (AvgIpc) is 3.01. The Bertz CT molecular complexity index is 508. The van der Waals surface area contributed by atoms with Crippen molar-refractivity contribution in [1.82, 2.24) is 25.5 Å². The van der Waals surface area contributed by atoms with Crippen molar-refractivity contribution in [2.75, 3.05) is 6.61 Å². The zero-order valence-corrected chi connectivity index (χ0v) is 13.4. The highest BCUT2D eigenvalue weighted by Gasteiger charge is 2.44. The summed E-state index contributed by atoms with van der Waals surface area (Å²) in [7, 11) is 0. The van der Waals surface area contributed by atoms with E-state index in [1.54, 1.807) is 11.0 Å². The van der Waals surface area contributed by atoms with Crippen LogP contribution in [0.4, 0.5) is 0 Å². The molecule has 0 bridgehead atoms. The molecule has 0 aromatic carbocycles. The molecule has 1 aromatic rings. The Hall–Kier alpha value is -1.50. The standard InChI is InChI=1S/C15H25N5O2/c1-14(2)10-12(6-9-22-14)17-13(21)15(7-4-3-5-8-15)20-11-16-18-19-20/h11-12H,3-10H2,1-2H3,(H,17,21)/t12-/m1/s1. The van der Waals surface area contributed by atoms with E-state index in [-0.39, 0.29) is 17.6 Å². The molecule has 7 heteroatoms. The smallest absolute Gasteiger partial charge is 0.248 e. The Morgan fingerprint density at radius 3 is 2.73 bits per heavy atom. The van der Waals surface area contributed by atoms with E-state index >= 15 is 0 Å². The second-order valence-corrected chi connectivity index (χ2v) is 7.12. The number of nitrogens with one attached hydrogen (secondary N) is 1. The van der Waals surface area contributed by atoms with Gasteiger partial charge in [0.05, 0.1) is 5.60 Å². The van der Waals surface area contributed by atoms with Crippen molar-refractivity contribution < 1.29 is 9.53 Å². The topological polar surface area (TPSA) is 81.9 Å². The molecule has 3 rings (SSSR count). The highest BCUT2D eigenvalue weighted by Crippen LogP contribution is 2.35. The van der Waals surface area contributed by atoms with Gasteiger partial charge in [-0.1, -0.05) is 19.3 Å². The average molecular weight is 307 g/mol. The van der Waals surface area contributed by atoms with Crippen molar-refractivity contribution in [3.8, 4) is 0 Å². The number of aromatic nitrogens is 4. The van der Waals surface area contributed by atoms with Crippen LogP contribution in [-0.4, -0.2) is 44.4 Å². The second-order valence-electron chi connectivity index (χ2n) is 7.12. The summed E-state index contributed by atoms with van der Waals surface area (Å²) in [6, 6.07) is 0.159. The summed E-state index contributed by atoms with van der Waals surface area (Å²) in [5.74, 6) is 0.0576. The van der Waals surface area contributed by atoms with Crippen LogP contribution in [0.5, 0.6) is 0 Å². The quantitative estimate of drug-likeness (QED) is 0.913. The maximum absolute atomic E-state index is 13.0. The van der Waals surface area contributed by atoms with Crippen LogP contribution in [0.2, 0.25) is 0 Å². The van der Waals surface area contributed by atoms with E-state index < -0.39 is 5.54 Å². The molecule has 1 saturated carbocycles. The third-order valence-corrected chi connectivity index (χ3v) is 4.92.